The summed E-state index contributed by atoms with van der Waals surface area (Å²) < 4.78 is 9.06. The smallest absolute Gasteiger partial charge is 0.357 e. The van der Waals surface area contributed by atoms with Crippen LogP contribution in [0.4, 0.5) is 0 Å². The van der Waals surface area contributed by atoms with Crippen molar-refractivity contribution in [2.45, 2.75) is 12.3 Å². The summed E-state index contributed by atoms with van der Waals surface area (Å²) in [4.78, 5) is 29.9. The SMILES string of the molecule is COC(=O)c1nc(Cl)ccc1C.COC(=O)c1nc(Cl)ccc1CBr. The molecule has 25 heavy (non-hydrogen) atoms. The number of aromatic nitrogens is 2. The summed E-state index contributed by atoms with van der Waals surface area (Å²) in [5.74, 6) is -0.938. The highest BCUT2D eigenvalue weighted by Crippen LogP contribution is 2.15. The molecule has 0 spiro atoms. The average Bonchev–Trinajstić information content (AvgIpc) is 2.62. The molecule has 0 bridgehead atoms. The van der Waals surface area contributed by atoms with Gasteiger partial charge in [0.25, 0.3) is 0 Å². The maximum Gasteiger partial charge on any atom is 0.357 e. The lowest BCUT2D eigenvalue weighted by Crippen LogP contribution is -2.07. The van der Waals surface area contributed by atoms with Crippen molar-refractivity contribution in [2.75, 3.05) is 14.2 Å². The number of methoxy groups -OCH3 is 2. The molecule has 6 nitrogen and oxygen atoms in total. The number of nitrogens with zero attached hydrogens (tertiary/aromatic N) is 2. The summed E-state index contributed by atoms with van der Waals surface area (Å²) in [6.07, 6.45) is 0. The van der Waals surface area contributed by atoms with Crippen molar-refractivity contribution >= 4 is 51.1 Å². The first-order valence-electron chi connectivity index (χ1n) is 6.85. The first-order chi connectivity index (χ1) is 11.8. The van der Waals surface area contributed by atoms with Crippen LogP contribution in [0.3, 0.4) is 0 Å². The van der Waals surface area contributed by atoms with E-state index in [0.717, 1.165) is 11.1 Å². The Morgan fingerprint density at radius 3 is 1.96 bits per heavy atom. The van der Waals surface area contributed by atoms with Gasteiger partial charge in [0.15, 0.2) is 11.4 Å². The number of hydrogen-bond donors (Lipinski definition) is 0. The predicted molar refractivity (Wildman–Crippen MR) is 98.5 cm³/mol. The summed E-state index contributed by atoms with van der Waals surface area (Å²) in [6, 6.07) is 6.71. The van der Waals surface area contributed by atoms with E-state index in [1.165, 1.54) is 14.2 Å². The first kappa shape index (κ1) is 21.3. The lowest BCUT2D eigenvalue weighted by atomic mass is 10.2. The van der Waals surface area contributed by atoms with Crippen molar-refractivity contribution in [3.8, 4) is 0 Å². The Labute approximate surface area is 163 Å². The zero-order valence-corrected chi connectivity index (χ0v) is 16.8. The number of esters is 2. The van der Waals surface area contributed by atoms with Crippen molar-refractivity contribution in [2.24, 2.45) is 0 Å². The van der Waals surface area contributed by atoms with Crippen LogP contribution in [0.25, 0.3) is 0 Å². The number of halogens is 3. The van der Waals surface area contributed by atoms with E-state index in [0.29, 0.717) is 10.5 Å². The quantitative estimate of drug-likeness (QED) is 0.396. The van der Waals surface area contributed by atoms with E-state index in [4.69, 9.17) is 23.2 Å². The highest BCUT2D eigenvalue weighted by atomic mass is 79.9. The number of rotatable bonds is 3. The Bertz CT molecular complexity index is 772. The van der Waals surface area contributed by atoms with Crippen LogP contribution in [-0.4, -0.2) is 36.1 Å². The molecule has 0 radical (unpaired) electrons. The van der Waals surface area contributed by atoms with Gasteiger partial charge in [0.2, 0.25) is 0 Å². The molecule has 0 atom stereocenters. The van der Waals surface area contributed by atoms with E-state index in [-0.39, 0.29) is 16.5 Å². The van der Waals surface area contributed by atoms with Crippen LogP contribution < -0.4 is 0 Å². The van der Waals surface area contributed by atoms with Gasteiger partial charge >= 0.3 is 11.9 Å². The van der Waals surface area contributed by atoms with Crippen molar-refractivity contribution in [3.05, 3.63) is 57.1 Å². The van der Waals surface area contributed by atoms with Gasteiger partial charge in [-0.1, -0.05) is 51.3 Å². The molecule has 0 aromatic carbocycles. The third-order valence-electron chi connectivity index (χ3n) is 2.91. The predicted octanol–water partition coefficient (Wildman–Crippen LogP) is 4.25. The molecule has 0 aliphatic rings. The Kier molecular flexibility index (Phi) is 8.82. The summed E-state index contributed by atoms with van der Waals surface area (Å²) in [7, 11) is 2.62. The van der Waals surface area contributed by atoms with Gasteiger partial charge in [-0.25, -0.2) is 19.6 Å². The van der Waals surface area contributed by atoms with E-state index in [2.05, 4.69) is 35.4 Å². The number of aryl methyl sites for hydroxylation is 1. The van der Waals surface area contributed by atoms with Crippen molar-refractivity contribution in [1.29, 1.82) is 0 Å². The lowest BCUT2D eigenvalue weighted by Gasteiger charge is -2.03. The molecule has 0 fully saturated rings. The minimum atomic E-state index is -0.475. The largest absolute Gasteiger partial charge is 0.464 e. The standard InChI is InChI=1S/C8H7BrClNO2.C8H8ClNO2/c1-13-8(12)7-5(4-9)2-3-6(10)11-7;1-5-3-4-6(9)10-7(5)8(11)12-2/h2-3H,4H2,1H3;3-4H,1-2H3. The van der Waals surface area contributed by atoms with Gasteiger partial charge in [0.1, 0.15) is 10.3 Å². The van der Waals surface area contributed by atoms with Crippen LogP contribution in [0.15, 0.2) is 24.3 Å². The van der Waals surface area contributed by atoms with Crippen molar-refractivity contribution in [3.63, 3.8) is 0 Å². The molecule has 9 heteroatoms. The Balaban J connectivity index is 0.000000251. The number of alkyl halides is 1. The second kappa shape index (κ2) is 10.3. The second-order valence-corrected chi connectivity index (χ2v) is 5.89. The van der Waals surface area contributed by atoms with Crippen LogP contribution in [0.5, 0.6) is 0 Å². The first-order valence-corrected chi connectivity index (χ1v) is 8.72. The maximum absolute atomic E-state index is 11.2. The fraction of sp³-hybridized carbons (Fsp3) is 0.250. The summed E-state index contributed by atoms with van der Waals surface area (Å²) in [5.41, 5.74) is 2.04. The van der Waals surface area contributed by atoms with E-state index >= 15 is 0 Å². The Morgan fingerprint density at radius 2 is 1.44 bits per heavy atom. The van der Waals surface area contributed by atoms with Crippen molar-refractivity contribution in [1.82, 2.24) is 9.97 Å². The summed E-state index contributed by atoms with van der Waals surface area (Å²) in [6.45, 7) is 1.77. The minimum Gasteiger partial charge on any atom is -0.464 e. The number of ether oxygens (including phenoxy) is 2. The molecule has 0 saturated heterocycles. The number of pyridine rings is 2. The fourth-order valence-corrected chi connectivity index (χ4v) is 2.40. The summed E-state index contributed by atoms with van der Waals surface area (Å²) >= 11 is 14.5. The van der Waals surface area contributed by atoms with Gasteiger partial charge in [-0.05, 0) is 30.2 Å². The van der Waals surface area contributed by atoms with E-state index in [9.17, 15) is 9.59 Å². The molecular formula is C16H15BrCl2N2O4. The van der Waals surface area contributed by atoms with Gasteiger partial charge in [-0.3, -0.25) is 0 Å². The molecule has 0 saturated carbocycles. The number of hydrogen-bond acceptors (Lipinski definition) is 6. The van der Waals surface area contributed by atoms with Gasteiger partial charge in [-0.15, -0.1) is 0 Å². The highest BCUT2D eigenvalue weighted by molar-refractivity contribution is 9.08. The minimum absolute atomic E-state index is 0.256. The Morgan fingerprint density at radius 1 is 0.960 bits per heavy atom. The molecule has 0 aliphatic carbocycles. The molecular weight excluding hydrogens is 435 g/mol. The number of carbonyl (C=O) groups excluding carboxylic acids is 2. The number of carbonyl (C=O) groups is 2. The Hall–Kier alpha value is -1.70. The van der Waals surface area contributed by atoms with E-state index in [1.807, 2.05) is 0 Å². The van der Waals surface area contributed by atoms with E-state index < -0.39 is 11.9 Å². The molecule has 2 rings (SSSR count). The fourth-order valence-electron chi connectivity index (χ4n) is 1.65. The van der Waals surface area contributed by atoms with Crippen LogP contribution >= 0.6 is 39.1 Å². The normalized spacial score (nSPS) is 9.68. The zero-order chi connectivity index (χ0) is 19.0. The summed E-state index contributed by atoms with van der Waals surface area (Å²) in [5, 5.41) is 1.12. The lowest BCUT2D eigenvalue weighted by molar-refractivity contribution is 0.0584. The van der Waals surface area contributed by atoms with Gasteiger partial charge in [0.05, 0.1) is 14.2 Å². The molecule has 0 aliphatic heterocycles. The maximum atomic E-state index is 11.2. The van der Waals surface area contributed by atoms with E-state index in [1.54, 1.807) is 31.2 Å². The van der Waals surface area contributed by atoms with Gasteiger partial charge < -0.3 is 9.47 Å². The topological polar surface area (TPSA) is 78.4 Å². The third-order valence-corrected chi connectivity index (χ3v) is 3.93. The van der Waals surface area contributed by atoms with Crippen molar-refractivity contribution < 1.29 is 19.1 Å². The molecule has 0 unspecified atom stereocenters. The van der Waals surface area contributed by atoms with Gasteiger partial charge in [-0.2, -0.15) is 0 Å². The molecule has 0 N–H and O–H groups in total. The highest BCUT2D eigenvalue weighted by Gasteiger charge is 2.13. The third kappa shape index (κ3) is 6.26. The molecule has 2 aromatic rings. The van der Waals surface area contributed by atoms with Crippen LogP contribution in [0.1, 0.15) is 32.1 Å². The van der Waals surface area contributed by atoms with Crippen LogP contribution in [-0.2, 0) is 14.8 Å². The van der Waals surface area contributed by atoms with Crippen LogP contribution in [0, 0.1) is 6.92 Å². The van der Waals surface area contributed by atoms with Crippen LogP contribution in [0.2, 0.25) is 10.3 Å². The second-order valence-electron chi connectivity index (χ2n) is 4.56. The van der Waals surface area contributed by atoms with Gasteiger partial charge in [0, 0.05) is 5.33 Å². The molecule has 0 amide bonds. The zero-order valence-electron chi connectivity index (χ0n) is 13.7. The molecule has 2 heterocycles. The average molecular weight is 450 g/mol. The monoisotopic (exact) mass is 448 g/mol. The molecule has 2 aromatic heterocycles. The molecule has 134 valence electrons.